The van der Waals surface area contributed by atoms with Gasteiger partial charge in [-0.1, -0.05) is 0 Å². The molecule has 168 valence electrons. The van der Waals surface area contributed by atoms with Crippen LogP contribution in [0.1, 0.15) is 33.1 Å². The summed E-state index contributed by atoms with van der Waals surface area (Å²) in [7, 11) is -3.63. The second-order valence-corrected chi connectivity index (χ2v) is 9.53. The lowest BCUT2D eigenvalue weighted by molar-refractivity contribution is -0.133. The van der Waals surface area contributed by atoms with E-state index in [1.807, 2.05) is 23.6 Å². The number of carbonyl (C=O) groups excluding carboxylic acids is 1. The number of piperazine rings is 1. The first kappa shape index (κ1) is 22.8. The first-order valence-electron chi connectivity index (χ1n) is 10.9. The number of nitrogens with zero attached hydrogens (tertiary/aromatic N) is 3. The van der Waals surface area contributed by atoms with Crippen LogP contribution in [0.3, 0.4) is 0 Å². The Hall–Kier alpha value is -1.84. The van der Waals surface area contributed by atoms with Crippen molar-refractivity contribution in [2.75, 3.05) is 59.0 Å². The van der Waals surface area contributed by atoms with Gasteiger partial charge in [0.1, 0.15) is 0 Å². The van der Waals surface area contributed by atoms with Gasteiger partial charge in [-0.15, -0.1) is 0 Å². The molecule has 1 aromatic rings. The van der Waals surface area contributed by atoms with Gasteiger partial charge in [-0.25, -0.2) is 8.42 Å². The summed E-state index contributed by atoms with van der Waals surface area (Å²) in [6, 6.07) is 4.75. The van der Waals surface area contributed by atoms with Gasteiger partial charge in [0.15, 0.2) is 11.5 Å². The van der Waals surface area contributed by atoms with Crippen LogP contribution in [0, 0.1) is 0 Å². The molecule has 2 fully saturated rings. The molecular formula is C21H33N3O5S. The van der Waals surface area contributed by atoms with E-state index in [2.05, 4.69) is 0 Å². The van der Waals surface area contributed by atoms with E-state index in [0.717, 1.165) is 25.9 Å². The molecule has 0 unspecified atom stereocenters. The first-order chi connectivity index (χ1) is 14.5. The number of benzene rings is 1. The molecule has 0 aromatic heterocycles. The molecule has 2 aliphatic heterocycles. The topological polar surface area (TPSA) is 79.4 Å². The number of rotatable bonds is 8. The third-order valence-corrected chi connectivity index (χ3v) is 7.45. The molecule has 0 atom stereocenters. The summed E-state index contributed by atoms with van der Waals surface area (Å²) < 4.78 is 38.8. The number of hydrogen-bond donors (Lipinski definition) is 0. The summed E-state index contributed by atoms with van der Waals surface area (Å²) in [6.07, 6.45) is 3.34. The molecule has 0 radical (unpaired) electrons. The highest BCUT2D eigenvalue weighted by atomic mass is 32.2. The molecule has 2 saturated heterocycles. The molecule has 0 bridgehead atoms. The lowest BCUT2D eigenvalue weighted by Gasteiger charge is -2.35. The zero-order valence-electron chi connectivity index (χ0n) is 18.0. The fourth-order valence-corrected chi connectivity index (χ4v) is 5.34. The lowest BCUT2D eigenvalue weighted by atomic mass is 10.1. The molecule has 9 heteroatoms. The standard InChI is InChI=1S/C21H33N3O5S/c1-3-28-19-9-8-18(16-20(19)29-4-2)30(26,27)24-14-12-22(13-15-24)17-21(25)23-10-6-5-7-11-23/h8-9,16H,3-7,10-15,17H2,1-2H3. The molecule has 2 aliphatic rings. The highest BCUT2D eigenvalue weighted by molar-refractivity contribution is 7.89. The summed E-state index contributed by atoms with van der Waals surface area (Å²) in [5.41, 5.74) is 0. The van der Waals surface area contributed by atoms with Crippen LogP contribution in [-0.2, 0) is 14.8 Å². The van der Waals surface area contributed by atoms with Crippen LogP contribution in [0.25, 0.3) is 0 Å². The highest BCUT2D eigenvalue weighted by Crippen LogP contribution is 2.31. The lowest BCUT2D eigenvalue weighted by Crippen LogP contribution is -2.51. The van der Waals surface area contributed by atoms with Crippen LogP contribution in [0.15, 0.2) is 23.1 Å². The number of ether oxygens (including phenoxy) is 2. The van der Waals surface area contributed by atoms with Gasteiger partial charge >= 0.3 is 0 Å². The third-order valence-electron chi connectivity index (χ3n) is 5.55. The van der Waals surface area contributed by atoms with Gasteiger partial charge in [0.05, 0.1) is 24.7 Å². The van der Waals surface area contributed by atoms with Gasteiger partial charge in [0.25, 0.3) is 0 Å². The number of likely N-dealkylation sites (tertiary alicyclic amines) is 1. The average molecular weight is 440 g/mol. The predicted octanol–water partition coefficient (Wildman–Crippen LogP) is 1.80. The van der Waals surface area contributed by atoms with E-state index in [1.165, 1.54) is 16.8 Å². The van der Waals surface area contributed by atoms with E-state index < -0.39 is 10.0 Å². The smallest absolute Gasteiger partial charge is 0.243 e. The summed E-state index contributed by atoms with van der Waals surface area (Å²) in [6.45, 7) is 8.50. The molecule has 30 heavy (non-hydrogen) atoms. The van der Waals surface area contributed by atoms with Crippen LogP contribution in [0.5, 0.6) is 11.5 Å². The number of carbonyl (C=O) groups is 1. The Morgan fingerprint density at radius 1 is 0.900 bits per heavy atom. The SMILES string of the molecule is CCOc1ccc(S(=O)(=O)N2CCN(CC(=O)N3CCCCC3)CC2)cc1OCC. The van der Waals surface area contributed by atoms with E-state index in [1.54, 1.807) is 12.1 Å². The summed E-state index contributed by atoms with van der Waals surface area (Å²) in [5, 5.41) is 0. The van der Waals surface area contributed by atoms with Gasteiger partial charge in [0.2, 0.25) is 15.9 Å². The molecule has 2 heterocycles. The van der Waals surface area contributed by atoms with Crippen molar-refractivity contribution in [2.24, 2.45) is 0 Å². The Labute approximate surface area is 179 Å². The predicted molar refractivity (Wildman–Crippen MR) is 114 cm³/mol. The maximum atomic E-state index is 13.1. The Balaban J connectivity index is 1.61. The number of hydrogen-bond acceptors (Lipinski definition) is 6. The largest absolute Gasteiger partial charge is 0.490 e. The maximum Gasteiger partial charge on any atom is 0.243 e. The van der Waals surface area contributed by atoms with Crippen molar-refractivity contribution < 1.29 is 22.7 Å². The van der Waals surface area contributed by atoms with Gasteiger partial charge < -0.3 is 14.4 Å². The Bertz CT molecular complexity index is 816. The number of sulfonamides is 1. The quantitative estimate of drug-likeness (QED) is 0.615. The molecule has 3 rings (SSSR count). The van der Waals surface area contributed by atoms with E-state index in [9.17, 15) is 13.2 Å². The Morgan fingerprint density at radius 2 is 1.53 bits per heavy atom. The van der Waals surface area contributed by atoms with Crippen molar-refractivity contribution >= 4 is 15.9 Å². The minimum atomic E-state index is -3.63. The van der Waals surface area contributed by atoms with Crippen molar-refractivity contribution in [3.05, 3.63) is 18.2 Å². The van der Waals surface area contributed by atoms with E-state index in [0.29, 0.717) is 57.4 Å². The molecule has 1 amide bonds. The third kappa shape index (κ3) is 5.44. The van der Waals surface area contributed by atoms with E-state index in [-0.39, 0.29) is 10.8 Å². The van der Waals surface area contributed by atoms with Crippen molar-refractivity contribution in [1.82, 2.24) is 14.1 Å². The first-order valence-corrected chi connectivity index (χ1v) is 12.3. The molecule has 0 N–H and O–H groups in total. The zero-order chi connectivity index (χ0) is 21.6. The van der Waals surface area contributed by atoms with E-state index in [4.69, 9.17) is 9.47 Å². The normalized spacial score (nSPS) is 18.9. The van der Waals surface area contributed by atoms with Crippen molar-refractivity contribution in [1.29, 1.82) is 0 Å². The van der Waals surface area contributed by atoms with Crippen molar-refractivity contribution in [2.45, 2.75) is 38.0 Å². The van der Waals surface area contributed by atoms with Gasteiger partial charge in [-0.3, -0.25) is 9.69 Å². The van der Waals surface area contributed by atoms with Gasteiger partial charge in [0, 0.05) is 45.3 Å². The molecule has 0 aliphatic carbocycles. The minimum absolute atomic E-state index is 0.152. The summed E-state index contributed by atoms with van der Waals surface area (Å²) >= 11 is 0. The molecule has 0 spiro atoms. The summed E-state index contributed by atoms with van der Waals surface area (Å²) in [4.78, 5) is 16.7. The minimum Gasteiger partial charge on any atom is -0.490 e. The second-order valence-electron chi connectivity index (χ2n) is 7.60. The zero-order valence-corrected chi connectivity index (χ0v) is 18.8. The van der Waals surface area contributed by atoms with E-state index >= 15 is 0 Å². The maximum absolute atomic E-state index is 13.1. The second kappa shape index (κ2) is 10.5. The molecular weight excluding hydrogens is 406 g/mol. The molecule has 1 aromatic carbocycles. The van der Waals surface area contributed by atoms with Crippen molar-refractivity contribution in [3.63, 3.8) is 0 Å². The van der Waals surface area contributed by atoms with Crippen LogP contribution in [-0.4, -0.2) is 87.5 Å². The van der Waals surface area contributed by atoms with Crippen molar-refractivity contribution in [3.8, 4) is 11.5 Å². The van der Waals surface area contributed by atoms with Gasteiger partial charge in [-0.05, 0) is 45.2 Å². The summed E-state index contributed by atoms with van der Waals surface area (Å²) in [5.74, 6) is 1.13. The van der Waals surface area contributed by atoms with Crippen LogP contribution in [0.4, 0.5) is 0 Å². The van der Waals surface area contributed by atoms with Crippen LogP contribution >= 0.6 is 0 Å². The highest BCUT2D eigenvalue weighted by Gasteiger charge is 2.30. The molecule has 8 nitrogen and oxygen atoms in total. The van der Waals surface area contributed by atoms with Crippen LogP contribution in [0.2, 0.25) is 0 Å². The Morgan fingerprint density at radius 3 is 2.17 bits per heavy atom. The van der Waals surface area contributed by atoms with Crippen LogP contribution < -0.4 is 9.47 Å². The average Bonchev–Trinajstić information content (AvgIpc) is 2.76. The number of amides is 1. The van der Waals surface area contributed by atoms with Gasteiger partial charge in [-0.2, -0.15) is 4.31 Å². The number of piperidine rings is 1. The fourth-order valence-electron chi connectivity index (χ4n) is 3.90. The monoisotopic (exact) mass is 439 g/mol. The molecule has 0 saturated carbocycles. The Kier molecular flexibility index (Phi) is 7.96. The fraction of sp³-hybridized carbons (Fsp3) is 0.667.